The summed E-state index contributed by atoms with van der Waals surface area (Å²) in [7, 11) is 0. The third kappa shape index (κ3) is 7.88. The molecule has 1 aliphatic heterocycles. The molecular weight excluding hydrogens is 672 g/mol. The van der Waals surface area contributed by atoms with Gasteiger partial charge in [-0.1, -0.05) is 87.2 Å². The Morgan fingerprint density at radius 2 is 1.72 bits per heavy atom. The van der Waals surface area contributed by atoms with Gasteiger partial charge in [0.15, 0.2) is 11.6 Å². The van der Waals surface area contributed by atoms with E-state index in [0.29, 0.717) is 35.3 Å². The van der Waals surface area contributed by atoms with Crippen LogP contribution in [-0.4, -0.2) is 35.7 Å². The van der Waals surface area contributed by atoms with E-state index in [-0.39, 0.29) is 26.1 Å². The molecule has 0 radical (unpaired) electrons. The number of aliphatic hydroxyl groups excluding tert-OH is 1. The standard InChI is InChI=1S/C34H32BrClN6O4/c35-28-14-10-23(11-15-28)31-34(20-25-6-1-2-7-26(25)21-39-42-37,33(44)41-38-22-27-8-3-4-9-30(27)36)40-32(46-31)24-12-16-29(17-13-24)45-19-5-18-43/h1-4,6-17,31,38,43H,5,18-22H2,(H,41,44)/t31-,34-/m0/s1. The van der Waals surface area contributed by atoms with Gasteiger partial charge in [0.25, 0.3) is 5.91 Å². The van der Waals surface area contributed by atoms with E-state index in [9.17, 15) is 4.79 Å². The molecule has 0 saturated heterocycles. The molecule has 0 unspecified atom stereocenters. The first kappa shape index (κ1) is 33.0. The lowest BCUT2D eigenvalue weighted by atomic mass is 9.81. The number of hydrogen-bond donors (Lipinski definition) is 3. The molecule has 0 fully saturated rings. The number of hydrogen-bond acceptors (Lipinski definition) is 7. The normalized spacial score (nSPS) is 17.0. The first-order valence-electron chi connectivity index (χ1n) is 14.6. The fraction of sp³-hybridized carbons (Fsp3) is 0.235. The number of carbonyl (C=O) groups excluding carboxylic acids is 1. The number of benzene rings is 4. The second kappa shape index (κ2) is 15.8. The van der Waals surface area contributed by atoms with Gasteiger partial charge in [0, 0.05) is 46.0 Å². The summed E-state index contributed by atoms with van der Waals surface area (Å²) < 4.78 is 13.2. The van der Waals surface area contributed by atoms with Crippen molar-refractivity contribution in [1.82, 2.24) is 10.9 Å². The Labute approximate surface area is 280 Å². The van der Waals surface area contributed by atoms with Crippen LogP contribution in [0.4, 0.5) is 0 Å². The van der Waals surface area contributed by atoms with E-state index in [0.717, 1.165) is 26.7 Å². The number of halogens is 2. The summed E-state index contributed by atoms with van der Waals surface area (Å²) in [4.78, 5) is 22.5. The van der Waals surface area contributed by atoms with Crippen molar-refractivity contribution in [3.8, 4) is 5.75 Å². The Hall–Kier alpha value is -4.38. The molecule has 1 aliphatic rings. The number of nitrogens with one attached hydrogen (secondary N) is 2. The van der Waals surface area contributed by atoms with Crippen LogP contribution >= 0.6 is 27.5 Å². The number of azide groups is 1. The van der Waals surface area contributed by atoms with E-state index in [4.69, 9.17) is 36.7 Å². The number of amides is 1. The molecule has 236 valence electrons. The molecule has 0 aromatic heterocycles. The predicted molar refractivity (Wildman–Crippen MR) is 180 cm³/mol. The molecule has 5 rings (SSSR count). The molecule has 1 amide bonds. The van der Waals surface area contributed by atoms with Crippen molar-refractivity contribution < 1.29 is 19.4 Å². The smallest absolute Gasteiger partial charge is 0.266 e. The highest BCUT2D eigenvalue weighted by atomic mass is 79.9. The molecule has 12 heteroatoms. The molecule has 4 aromatic rings. The van der Waals surface area contributed by atoms with E-state index < -0.39 is 17.6 Å². The number of aliphatic hydroxyl groups is 1. The summed E-state index contributed by atoms with van der Waals surface area (Å²) in [6, 6.07) is 29.7. The van der Waals surface area contributed by atoms with Crippen LogP contribution in [0.3, 0.4) is 0 Å². The number of ether oxygens (including phenoxy) is 2. The Kier molecular flexibility index (Phi) is 11.3. The summed E-state index contributed by atoms with van der Waals surface area (Å²) in [6.45, 7) is 0.836. The minimum atomic E-state index is -1.47. The van der Waals surface area contributed by atoms with Crippen molar-refractivity contribution in [2.75, 3.05) is 13.2 Å². The lowest BCUT2D eigenvalue weighted by Crippen LogP contribution is -2.53. The lowest BCUT2D eigenvalue weighted by molar-refractivity contribution is -0.130. The number of rotatable bonds is 14. The molecule has 0 bridgehead atoms. The first-order chi connectivity index (χ1) is 22.4. The average molecular weight is 704 g/mol. The van der Waals surface area contributed by atoms with Gasteiger partial charge in [0.1, 0.15) is 5.75 Å². The van der Waals surface area contributed by atoms with Crippen LogP contribution in [0.2, 0.25) is 5.02 Å². The van der Waals surface area contributed by atoms with Gasteiger partial charge in [-0.05, 0) is 70.2 Å². The number of nitrogens with zero attached hydrogens (tertiary/aromatic N) is 4. The van der Waals surface area contributed by atoms with Gasteiger partial charge in [0.05, 0.1) is 13.2 Å². The van der Waals surface area contributed by atoms with Crippen LogP contribution in [0, 0.1) is 0 Å². The highest BCUT2D eigenvalue weighted by Gasteiger charge is 2.53. The van der Waals surface area contributed by atoms with Crippen molar-refractivity contribution in [2.45, 2.75) is 37.6 Å². The Morgan fingerprint density at radius 1 is 1.02 bits per heavy atom. The van der Waals surface area contributed by atoms with Crippen LogP contribution < -0.4 is 15.6 Å². The minimum absolute atomic E-state index is 0.0452. The van der Waals surface area contributed by atoms with Gasteiger partial charge < -0.3 is 14.6 Å². The average Bonchev–Trinajstić information content (AvgIpc) is 3.46. The van der Waals surface area contributed by atoms with E-state index in [1.54, 1.807) is 18.2 Å². The highest BCUT2D eigenvalue weighted by Crippen LogP contribution is 2.43. The highest BCUT2D eigenvalue weighted by molar-refractivity contribution is 9.10. The second-order valence-corrected chi connectivity index (χ2v) is 11.9. The molecule has 10 nitrogen and oxygen atoms in total. The van der Waals surface area contributed by atoms with Gasteiger partial charge in [-0.3, -0.25) is 10.2 Å². The molecule has 2 atom stereocenters. The molecule has 0 aliphatic carbocycles. The lowest BCUT2D eigenvalue weighted by Gasteiger charge is -2.31. The summed E-state index contributed by atoms with van der Waals surface area (Å²) in [5, 5.41) is 13.4. The molecule has 0 saturated carbocycles. The van der Waals surface area contributed by atoms with Crippen LogP contribution in [0.1, 0.15) is 40.3 Å². The fourth-order valence-electron chi connectivity index (χ4n) is 5.17. The summed E-state index contributed by atoms with van der Waals surface area (Å²) in [6.07, 6.45) is -0.141. The Bertz CT molecular complexity index is 1730. The van der Waals surface area contributed by atoms with Gasteiger partial charge in [-0.25, -0.2) is 10.4 Å². The van der Waals surface area contributed by atoms with Gasteiger partial charge in [-0.2, -0.15) is 0 Å². The van der Waals surface area contributed by atoms with E-state index in [2.05, 4.69) is 36.8 Å². The van der Waals surface area contributed by atoms with E-state index >= 15 is 0 Å². The summed E-state index contributed by atoms with van der Waals surface area (Å²) >= 11 is 9.86. The van der Waals surface area contributed by atoms with Crippen LogP contribution in [0.15, 0.2) is 112 Å². The summed E-state index contributed by atoms with van der Waals surface area (Å²) in [5.41, 5.74) is 17.2. The van der Waals surface area contributed by atoms with Crippen molar-refractivity contribution in [3.63, 3.8) is 0 Å². The maximum absolute atomic E-state index is 14.5. The van der Waals surface area contributed by atoms with Crippen LogP contribution in [0.5, 0.6) is 5.75 Å². The minimum Gasteiger partial charge on any atom is -0.494 e. The zero-order valence-corrected chi connectivity index (χ0v) is 27.1. The Morgan fingerprint density at radius 3 is 2.41 bits per heavy atom. The first-order valence-corrected chi connectivity index (χ1v) is 15.8. The maximum atomic E-state index is 14.5. The van der Waals surface area contributed by atoms with Crippen molar-refractivity contribution in [3.05, 3.63) is 145 Å². The number of carbonyl (C=O) groups is 1. The van der Waals surface area contributed by atoms with Crippen molar-refractivity contribution in [2.24, 2.45) is 10.1 Å². The predicted octanol–water partition coefficient (Wildman–Crippen LogP) is 6.99. The molecule has 46 heavy (non-hydrogen) atoms. The topological polar surface area (TPSA) is 141 Å². The molecule has 1 heterocycles. The molecule has 4 aromatic carbocycles. The Balaban J connectivity index is 1.56. The molecule has 0 spiro atoms. The van der Waals surface area contributed by atoms with Gasteiger partial charge >= 0.3 is 0 Å². The zero-order valence-electron chi connectivity index (χ0n) is 24.8. The largest absolute Gasteiger partial charge is 0.494 e. The maximum Gasteiger partial charge on any atom is 0.266 e. The van der Waals surface area contributed by atoms with Crippen LogP contribution in [0.25, 0.3) is 10.4 Å². The monoisotopic (exact) mass is 702 g/mol. The quantitative estimate of drug-likeness (QED) is 0.0427. The van der Waals surface area contributed by atoms with Crippen LogP contribution in [-0.2, 0) is 29.0 Å². The van der Waals surface area contributed by atoms with Gasteiger partial charge in [0.2, 0.25) is 5.90 Å². The zero-order chi connectivity index (χ0) is 32.4. The van der Waals surface area contributed by atoms with E-state index in [1.165, 1.54) is 0 Å². The number of aliphatic imine (C=N–C) groups is 1. The fourth-order valence-corrected chi connectivity index (χ4v) is 5.64. The summed E-state index contributed by atoms with van der Waals surface area (Å²) in [5.74, 6) is 0.522. The van der Waals surface area contributed by atoms with E-state index in [1.807, 2.05) is 78.9 Å². The third-order valence-electron chi connectivity index (χ3n) is 7.52. The molecular formula is C34H32BrClN6O4. The molecule has 3 N–H and O–H groups in total. The van der Waals surface area contributed by atoms with Gasteiger partial charge in [-0.15, -0.1) is 0 Å². The second-order valence-electron chi connectivity index (χ2n) is 10.6. The van der Waals surface area contributed by atoms with Crippen molar-refractivity contribution >= 4 is 39.3 Å². The third-order valence-corrected chi connectivity index (χ3v) is 8.42. The number of hydrazine groups is 1. The SMILES string of the molecule is [N-]=[N+]=NCc1ccccc1C[C@]1(C(=O)NNCc2ccccc2Cl)N=C(c2ccc(OCCCO)cc2)O[C@H]1c1ccc(Br)cc1. The van der Waals surface area contributed by atoms with Crippen molar-refractivity contribution in [1.29, 1.82) is 0 Å².